The van der Waals surface area contributed by atoms with Crippen molar-refractivity contribution in [2.45, 2.75) is 19.5 Å². The third-order valence-corrected chi connectivity index (χ3v) is 3.61. The number of amides is 2. The predicted molar refractivity (Wildman–Crippen MR) is 77.0 cm³/mol. The number of benzene rings is 1. The number of rotatable bonds is 2. The fourth-order valence-corrected chi connectivity index (χ4v) is 2.46. The number of hydrogen-bond acceptors (Lipinski definition) is 2. The first-order valence-electron chi connectivity index (χ1n) is 6.81. The lowest BCUT2D eigenvalue weighted by Gasteiger charge is -2.29. The number of nitrogens with one attached hydrogen (secondary N) is 1. The third kappa shape index (κ3) is 2.79. The van der Waals surface area contributed by atoms with Gasteiger partial charge in [0.2, 0.25) is 0 Å². The van der Waals surface area contributed by atoms with Crippen molar-refractivity contribution < 1.29 is 4.79 Å². The van der Waals surface area contributed by atoms with Gasteiger partial charge in [0.25, 0.3) is 0 Å². The molecule has 2 amide bonds. The number of hydrogen-bond donors (Lipinski definition) is 1. The molecule has 3 rings (SSSR count). The van der Waals surface area contributed by atoms with Gasteiger partial charge in [0.15, 0.2) is 0 Å². The molecule has 20 heavy (non-hydrogen) atoms. The molecule has 0 aliphatic carbocycles. The van der Waals surface area contributed by atoms with Crippen LogP contribution in [0.15, 0.2) is 48.8 Å². The van der Waals surface area contributed by atoms with Crippen molar-refractivity contribution in [2.75, 3.05) is 6.54 Å². The van der Waals surface area contributed by atoms with E-state index in [-0.39, 0.29) is 6.03 Å². The Bertz CT molecular complexity index is 598. The normalized spacial score (nSPS) is 13.7. The fraction of sp³-hybridized carbons (Fsp3) is 0.250. The molecule has 1 N–H and O–H groups in total. The Labute approximate surface area is 118 Å². The first-order valence-corrected chi connectivity index (χ1v) is 6.81. The van der Waals surface area contributed by atoms with E-state index in [0.29, 0.717) is 13.1 Å². The second kappa shape index (κ2) is 5.74. The Morgan fingerprint density at radius 1 is 1.15 bits per heavy atom. The largest absolute Gasteiger partial charge is 0.334 e. The van der Waals surface area contributed by atoms with E-state index in [1.807, 2.05) is 23.1 Å². The maximum Gasteiger partial charge on any atom is 0.317 e. The molecule has 2 heterocycles. The molecule has 1 aliphatic rings. The summed E-state index contributed by atoms with van der Waals surface area (Å²) in [6, 6.07) is 12.1. The summed E-state index contributed by atoms with van der Waals surface area (Å²) in [7, 11) is 0. The van der Waals surface area contributed by atoms with Crippen molar-refractivity contribution in [1.29, 1.82) is 0 Å². The number of pyridine rings is 1. The second-order valence-corrected chi connectivity index (χ2v) is 4.95. The van der Waals surface area contributed by atoms with Gasteiger partial charge in [-0.1, -0.05) is 24.3 Å². The number of fused-ring (bicyclic) bond motifs is 1. The van der Waals surface area contributed by atoms with Gasteiger partial charge < -0.3 is 10.2 Å². The van der Waals surface area contributed by atoms with Gasteiger partial charge in [-0.2, -0.15) is 0 Å². The first-order chi connectivity index (χ1) is 9.83. The smallest absolute Gasteiger partial charge is 0.317 e. The van der Waals surface area contributed by atoms with Crippen LogP contribution in [0.3, 0.4) is 0 Å². The van der Waals surface area contributed by atoms with Gasteiger partial charge in [-0.05, 0) is 35.2 Å². The molecule has 0 atom stereocenters. The number of urea groups is 1. The van der Waals surface area contributed by atoms with Crippen LogP contribution in [-0.4, -0.2) is 22.5 Å². The van der Waals surface area contributed by atoms with E-state index in [9.17, 15) is 4.79 Å². The lowest BCUT2D eigenvalue weighted by atomic mass is 10.0. The van der Waals surface area contributed by atoms with Crippen LogP contribution >= 0.6 is 0 Å². The first kappa shape index (κ1) is 12.7. The van der Waals surface area contributed by atoms with Crippen LogP contribution in [0, 0.1) is 0 Å². The van der Waals surface area contributed by atoms with Crippen LogP contribution < -0.4 is 5.32 Å². The van der Waals surface area contributed by atoms with E-state index in [0.717, 1.165) is 18.5 Å². The molecule has 0 unspecified atom stereocenters. The summed E-state index contributed by atoms with van der Waals surface area (Å²) >= 11 is 0. The SMILES string of the molecule is O=C(NCc1ccncc1)N1CCc2ccccc2C1. The van der Waals surface area contributed by atoms with E-state index in [2.05, 4.69) is 28.5 Å². The maximum atomic E-state index is 12.2. The van der Waals surface area contributed by atoms with Gasteiger partial charge in [0.05, 0.1) is 0 Å². The monoisotopic (exact) mass is 267 g/mol. The standard InChI is InChI=1S/C16H17N3O/c20-16(18-11-13-5-8-17-9-6-13)19-10-7-14-3-1-2-4-15(14)12-19/h1-6,8-9H,7,10-12H2,(H,18,20). The minimum atomic E-state index is -0.00341. The van der Waals surface area contributed by atoms with Gasteiger partial charge in [-0.3, -0.25) is 4.98 Å². The Morgan fingerprint density at radius 3 is 2.70 bits per heavy atom. The molecule has 0 saturated carbocycles. The summed E-state index contributed by atoms with van der Waals surface area (Å²) < 4.78 is 0. The van der Waals surface area contributed by atoms with Gasteiger partial charge in [0.1, 0.15) is 0 Å². The molecule has 102 valence electrons. The summed E-state index contributed by atoms with van der Waals surface area (Å²) in [5.74, 6) is 0. The lowest BCUT2D eigenvalue weighted by molar-refractivity contribution is 0.192. The van der Waals surface area contributed by atoms with Gasteiger partial charge in [0, 0.05) is 32.0 Å². The van der Waals surface area contributed by atoms with Crippen molar-refractivity contribution in [2.24, 2.45) is 0 Å². The zero-order valence-corrected chi connectivity index (χ0v) is 11.2. The summed E-state index contributed by atoms with van der Waals surface area (Å²) in [5, 5.41) is 2.96. The van der Waals surface area contributed by atoms with Crippen LogP contribution in [0.25, 0.3) is 0 Å². The summed E-state index contributed by atoms with van der Waals surface area (Å²) in [6.45, 7) is 2.01. The molecular weight excluding hydrogens is 250 g/mol. The quantitative estimate of drug-likeness (QED) is 0.907. The van der Waals surface area contributed by atoms with Crippen molar-refractivity contribution in [3.05, 3.63) is 65.5 Å². The Balaban J connectivity index is 1.59. The molecule has 1 aromatic heterocycles. The van der Waals surface area contributed by atoms with Crippen molar-refractivity contribution in [3.63, 3.8) is 0 Å². The number of aromatic nitrogens is 1. The van der Waals surface area contributed by atoms with Gasteiger partial charge in [-0.25, -0.2) is 4.79 Å². The molecule has 4 nitrogen and oxygen atoms in total. The highest BCUT2D eigenvalue weighted by atomic mass is 16.2. The van der Waals surface area contributed by atoms with Crippen LogP contribution in [0.2, 0.25) is 0 Å². The number of carbonyl (C=O) groups is 1. The third-order valence-electron chi connectivity index (χ3n) is 3.61. The Morgan fingerprint density at radius 2 is 1.90 bits per heavy atom. The van der Waals surface area contributed by atoms with E-state index < -0.39 is 0 Å². The van der Waals surface area contributed by atoms with E-state index in [1.165, 1.54) is 11.1 Å². The zero-order chi connectivity index (χ0) is 13.8. The maximum absolute atomic E-state index is 12.2. The van der Waals surface area contributed by atoms with Crippen LogP contribution in [0.1, 0.15) is 16.7 Å². The molecule has 0 saturated heterocycles. The molecule has 1 aromatic carbocycles. The van der Waals surface area contributed by atoms with Crippen molar-refractivity contribution in [3.8, 4) is 0 Å². The molecule has 0 radical (unpaired) electrons. The zero-order valence-electron chi connectivity index (χ0n) is 11.2. The highest BCUT2D eigenvalue weighted by Crippen LogP contribution is 2.18. The van der Waals surface area contributed by atoms with Crippen LogP contribution in [0.5, 0.6) is 0 Å². The van der Waals surface area contributed by atoms with Crippen LogP contribution in [0.4, 0.5) is 4.79 Å². The van der Waals surface area contributed by atoms with Crippen LogP contribution in [-0.2, 0) is 19.5 Å². The summed E-state index contributed by atoms with van der Waals surface area (Å²) in [5.41, 5.74) is 3.66. The molecule has 0 fully saturated rings. The number of carbonyl (C=O) groups excluding carboxylic acids is 1. The number of nitrogens with zero attached hydrogens (tertiary/aromatic N) is 2. The highest BCUT2D eigenvalue weighted by molar-refractivity contribution is 5.74. The molecule has 4 heteroatoms. The van der Waals surface area contributed by atoms with E-state index in [1.54, 1.807) is 12.4 Å². The van der Waals surface area contributed by atoms with Crippen molar-refractivity contribution >= 4 is 6.03 Å². The Kier molecular flexibility index (Phi) is 3.63. The average Bonchev–Trinajstić information content (AvgIpc) is 2.53. The van der Waals surface area contributed by atoms with Crippen molar-refractivity contribution in [1.82, 2.24) is 15.2 Å². The predicted octanol–water partition coefficient (Wildman–Crippen LogP) is 2.35. The average molecular weight is 267 g/mol. The van der Waals surface area contributed by atoms with E-state index in [4.69, 9.17) is 0 Å². The van der Waals surface area contributed by atoms with E-state index >= 15 is 0 Å². The fourth-order valence-electron chi connectivity index (χ4n) is 2.46. The lowest BCUT2D eigenvalue weighted by Crippen LogP contribution is -2.42. The van der Waals surface area contributed by atoms with Gasteiger partial charge in [-0.15, -0.1) is 0 Å². The molecule has 0 bridgehead atoms. The second-order valence-electron chi connectivity index (χ2n) is 4.95. The highest BCUT2D eigenvalue weighted by Gasteiger charge is 2.19. The molecular formula is C16H17N3O. The molecule has 0 spiro atoms. The summed E-state index contributed by atoms with van der Waals surface area (Å²) in [6.07, 6.45) is 4.40. The minimum Gasteiger partial charge on any atom is -0.334 e. The topological polar surface area (TPSA) is 45.2 Å². The Hall–Kier alpha value is -2.36. The molecule has 2 aromatic rings. The van der Waals surface area contributed by atoms with Gasteiger partial charge >= 0.3 is 6.03 Å². The minimum absolute atomic E-state index is 0.00341. The molecule has 1 aliphatic heterocycles. The summed E-state index contributed by atoms with van der Waals surface area (Å²) in [4.78, 5) is 18.0.